The minimum Gasteiger partial charge on any atom is -0.337 e. The van der Waals surface area contributed by atoms with Crippen molar-refractivity contribution in [2.45, 2.75) is 43.8 Å². The second-order valence-corrected chi connectivity index (χ2v) is 11.8. The van der Waals surface area contributed by atoms with Gasteiger partial charge in [0.2, 0.25) is 0 Å². The largest absolute Gasteiger partial charge is 0.435 e. The maximum atomic E-state index is 13.5. The summed E-state index contributed by atoms with van der Waals surface area (Å²) in [4.78, 5) is 50.7. The van der Waals surface area contributed by atoms with Crippen molar-refractivity contribution in [3.63, 3.8) is 0 Å². The predicted molar refractivity (Wildman–Crippen MR) is 153 cm³/mol. The molecule has 0 spiro atoms. The van der Waals surface area contributed by atoms with Crippen LogP contribution in [0, 0.1) is 0 Å². The maximum absolute atomic E-state index is 13.5. The minimum absolute atomic E-state index is 0.00349. The third kappa shape index (κ3) is 6.24. The Hall–Kier alpha value is -4.11. The number of rotatable bonds is 6. The highest BCUT2D eigenvalue weighted by atomic mass is 35.5. The summed E-state index contributed by atoms with van der Waals surface area (Å²) < 4.78 is 40.6. The number of carbonyl (C=O) groups excluding carboxylic acids is 3. The lowest BCUT2D eigenvalue weighted by Gasteiger charge is -2.36. The molecule has 0 radical (unpaired) electrons. The smallest absolute Gasteiger partial charge is 0.337 e. The standard InChI is InChI=1S/C28H31ClF3N9O3/c29-21-12-17(3-4-19(21)26(43)39-7-9-40(10-8-39)27(44)41-6-5-16(33)14-41)36-25(42)24-34-13-18(35-24)11-20-22(15-1-2-15)37-38-23(20)28(30,31)32/h3-4,12-13,15-16H,1-2,5-11,14,33H2,(H,34,35)(H,36,42)(H,37,38)/t16-/m1/s1. The number of urea groups is 1. The van der Waals surface area contributed by atoms with Gasteiger partial charge in [-0.25, -0.2) is 9.78 Å². The van der Waals surface area contributed by atoms with Crippen LogP contribution in [0.5, 0.6) is 0 Å². The van der Waals surface area contributed by atoms with Gasteiger partial charge in [0.15, 0.2) is 11.5 Å². The average molecular weight is 634 g/mol. The normalized spacial score (nSPS) is 19.0. The number of hydrogen-bond acceptors (Lipinski definition) is 6. The molecule has 1 saturated carbocycles. The molecule has 3 fully saturated rings. The summed E-state index contributed by atoms with van der Waals surface area (Å²) >= 11 is 6.43. The van der Waals surface area contributed by atoms with Gasteiger partial charge < -0.3 is 30.7 Å². The number of aromatic nitrogens is 4. The summed E-state index contributed by atoms with van der Waals surface area (Å²) in [5.41, 5.74) is 6.34. The second-order valence-electron chi connectivity index (χ2n) is 11.4. The van der Waals surface area contributed by atoms with Crippen LogP contribution in [-0.4, -0.2) is 98.0 Å². The number of likely N-dealkylation sites (tertiary alicyclic amines) is 1. The van der Waals surface area contributed by atoms with Gasteiger partial charge >= 0.3 is 12.2 Å². The van der Waals surface area contributed by atoms with E-state index in [1.807, 2.05) is 0 Å². The van der Waals surface area contributed by atoms with E-state index in [9.17, 15) is 27.6 Å². The van der Waals surface area contributed by atoms with Crippen molar-refractivity contribution in [3.05, 3.63) is 63.5 Å². The number of hydrogen-bond donors (Lipinski definition) is 4. The molecule has 5 N–H and O–H groups in total. The van der Waals surface area contributed by atoms with Gasteiger partial charge in [0.05, 0.1) is 10.6 Å². The number of aromatic amines is 2. The van der Waals surface area contributed by atoms with E-state index in [2.05, 4.69) is 25.5 Å². The van der Waals surface area contributed by atoms with Crippen LogP contribution in [0.2, 0.25) is 5.02 Å². The summed E-state index contributed by atoms with van der Waals surface area (Å²) in [6.07, 6.45) is -1.04. The molecule has 12 nitrogen and oxygen atoms in total. The van der Waals surface area contributed by atoms with Crippen molar-refractivity contribution in [2.24, 2.45) is 5.73 Å². The summed E-state index contributed by atoms with van der Waals surface area (Å²) in [5.74, 6) is -0.990. The zero-order valence-corrected chi connectivity index (χ0v) is 24.3. The van der Waals surface area contributed by atoms with Crippen LogP contribution in [0.25, 0.3) is 0 Å². The first-order chi connectivity index (χ1) is 21.0. The van der Waals surface area contributed by atoms with Crippen molar-refractivity contribution >= 4 is 35.1 Å². The number of nitrogens with zero attached hydrogens (tertiary/aromatic N) is 5. The summed E-state index contributed by atoms with van der Waals surface area (Å²) in [5, 5.41) is 8.81. The Morgan fingerprint density at radius 2 is 1.77 bits per heavy atom. The number of alkyl halides is 3. The third-order valence-corrected chi connectivity index (χ3v) is 8.47. The van der Waals surface area contributed by atoms with Crippen LogP contribution in [-0.2, 0) is 12.6 Å². The lowest BCUT2D eigenvalue weighted by atomic mass is 10.0. The first kappa shape index (κ1) is 29.9. The number of amides is 4. The quantitative estimate of drug-likeness (QED) is 0.326. The molecular formula is C28H31ClF3N9O3. The van der Waals surface area contributed by atoms with Crippen molar-refractivity contribution in [1.82, 2.24) is 34.9 Å². The molecule has 1 aliphatic carbocycles. The summed E-state index contributed by atoms with van der Waals surface area (Å²) in [7, 11) is 0. The van der Waals surface area contributed by atoms with Crippen molar-refractivity contribution in [3.8, 4) is 0 Å². The fourth-order valence-electron chi connectivity index (χ4n) is 5.65. The van der Waals surface area contributed by atoms with E-state index in [-0.39, 0.29) is 52.3 Å². The molecule has 1 atom stereocenters. The number of halogens is 4. The fraction of sp³-hybridized carbons (Fsp3) is 0.464. The predicted octanol–water partition coefficient (Wildman–Crippen LogP) is 3.44. The summed E-state index contributed by atoms with van der Waals surface area (Å²) in [6.45, 7) is 2.67. The van der Waals surface area contributed by atoms with Crippen LogP contribution >= 0.6 is 11.6 Å². The molecule has 44 heavy (non-hydrogen) atoms. The first-order valence-corrected chi connectivity index (χ1v) is 14.7. The molecule has 234 valence electrons. The molecule has 2 saturated heterocycles. The van der Waals surface area contributed by atoms with E-state index in [0.717, 1.165) is 19.3 Å². The van der Waals surface area contributed by atoms with Gasteiger partial charge in [-0.15, -0.1) is 0 Å². The SMILES string of the molecule is N[C@@H]1CCN(C(=O)N2CCN(C(=O)c3ccc(NC(=O)c4ncc(Cc5c(C(F)(F)F)n[nH]c5C5CC5)[nH]4)cc3Cl)CC2)C1. The topological polar surface area (TPSA) is 156 Å². The highest BCUT2D eigenvalue weighted by Gasteiger charge is 2.41. The minimum atomic E-state index is -4.61. The molecule has 4 amide bonds. The maximum Gasteiger partial charge on any atom is 0.435 e. The average Bonchev–Trinajstić information content (AvgIpc) is 3.34. The molecule has 6 rings (SSSR count). The van der Waals surface area contributed by atoms with Crippen LogP contribution in [0.3, 0.4) is 0 Å². The Morgan fingerprint density at radius 1 is 1.05 bits per heavy atom. The number of anilines is 1. The third-order valence-electron chi connectivity index (χ3n) is 8.15. The number of H-pyrrole nitrogens is 2. The Labute approximate surface area is 255 Å². The van der Waals surface area contributed by atoms with E-state index in [4.69, 9.17) is 17.3 Å². The van der Waals surface area contributed by atoms with E-state index >= 15 is 0 Å². The van der Waals surface area contributed by atoms with Crippen LogP contribution < -0.4 is 11.1 Å². The highest BCUT2D eigenvalue weighted by Crippen LogP contribution is 2.44. The van der Waals surface area contributed by atoms with Gasteiger partial charge in [0, 0.05) is 86.5 Å². The van der Waals surface area contributed by atoms with Crippen molar-refractivity contribution in [1.29, 1.82) is 0 Å². The Kier molecular flexibility index (Phi) is 8.01. The molecule has 2 aliphatic heterocycles. The van der Waals surface area contributed by atoms with E-state index in [1.165, 1.54) is 24.4 Å². The molecule has 3 aliphatic rings. The van der Waals surface area contributed by atoms with E-state index in [0.29, 0.717) is 56.3 Å². The number of carbonyl (C=O) groups is 3. The van der Waals surface area contributed by atoms with Crippen LogP contribution in [0.1, 0.15) is 68.8 Å². The van der Waals surface area contributed by atoms with Gasteiger partial charge in [-0.3, -0.25) is 14.7 Å². The van der Waals surface area contributed by atoms with Gasteiger partial charge in [0.1, 0.15) is 0 Å². The summed E-state index contributed by atoms with van der Waals surface area (Å²) in [6, 6.07) is 4.41. The molecule has 1 aromatic carbocycles. The van der Waals surface area contributed by atoms with E-state index < -0.39 is 17.8 Å². The molecule has 4 heterocycles. The lowest BCUT2D eigenvalue weighted by molar-refractivity contribution is -0.141. The Balaban J connectivity index is 1.06. The van der Waals surface area contributed by atoms with Gasteiger partial charge in [-0.2, -0.15) is 18.3 Å². The molecular weight excluding hydrogens is 603 g/mol. The Bertz CT molecular complexity index is 1580. The number of piperazine rings is 1. The van der Waals surface area contributed by atoms with E-state index in [1.54, 1.807) is 14.7 Å². The zero-order chi connectivity index (χ0) is 31.2. The highest BCUT2D eigenvalue weighted by molar-refractivity contribution is 6.34. The monoisotopic (exact) mass is 633 g/mol. The van der Waals surface area contributed by atoms with Crippen molar-refractivity contribution < 1.29 is 27.6 Å². The molecule has 3 aromatic rings. The van der Waals surface area contributed by atoms with Crippen LogP contribution in [0.4, 0.5) is 23.7 Å². The number of imidazole rings is 1. The van der Waals surface area contributed by atoms with Gasteiger partial charge in [0.25, 0.3) is 11.8 Å². The fourth-order valence-corrected chi connectivity index (χ4v) is 5.91. The second kappa shape index (κ2) is 11.8. The molecule has 16 heteroatoms. The Morgan fingerprint density at radius 3 is 2.41 bits per heavy atom. The number of nitrogens with two attached hydrogens (primary N) is 1. The lowest BCUT2D eigenvalue weighted by Crippen LogP contribution is -2.54. The first-order valence-electron chi connectivity index (χ1n) is 14.4. The molecule has 0 unspecified atom stereocenters. The molecule has 0 bridgehead atoms. The van der Waals surface area contributed by atoms with Gasteiger partial charge in [-0.05, 0) is 37.5 Å². The molecule has 2 aromatic heterocycles. The zero-order valence-electron chi connectivity index (χ0n) is 23.6. The number of benzene rings is 1. The van der Waals surface area contributed by atoms with Crippen LogP contribution in [0.15, 0.2) is 24.4 Å². The van der Waals surface area contributed by atoms with Gasteiger partial charge in [-0.1, -0.05) is 11.6 Å². The van der Waals surface area contributed by atoms with Crippen molar-refractivity contribution in [2.75, 3.05) is 44.6 Å². The number of nitrogens with one attached hydrogen (secondary N) is 3.